The van der Waals surface area contributed by atoms with Crippen LogP contribution in [-0.2, 0) is 36.8 Å². The van der Waals surface area contributed by atoms with Crippen LogP contribution in [-0.4, -0.2) is 74.1 Å². The van der Waals surface area contributed by atoms with Crippen molar-refractivity contribution in [3.63, 3.8) is 0 Å². The van der Waals surface area contributed by atoms with Crippen molar-refractivity contribution >= 4 is 40.6 Å². The highest BCUT2D eigenvalue weighted by Gasteiger charge is 2.31. The third kappa shape index (κ3) is 8.80. The SMILES string of the molecule is CC(N)C(=O)NC(Cc1ccc(O)cc1)C(=O)NC(Cc1c[nH]c2ccccc12)C(=O)NC(CCC(=O)O)C(=O)O. The fourth-order valence-corrected chi connectivity index (χ4v) is 4.18. The summed E-state index contributed by atoms with van der Waals surface area (Å²) >= 11 is 0. The summed E-state index contributed by atoms with van der Waals surface area (Å²) in [6.45, 7) is 1.45. The molecule has 13 nitrogen and oxygen atoms in total. The maximum Gasteiger partial charge on any atom is 0.326 e. The Kier molecular flexibility index (Phi) is 10.4. The number of para-hydroxylation sites is 1. The minimum Gasteiger partial charge on any atom is -0.508 e. The topological polar surface area (TPSA) is 224 Å². The Balaban J connectivity index is 1.89. The van der Waals surface area contributed by atoms with Gasteiger partial charge in [-0.2, -0.15) is 0 Å². The van der Waals surface area contributed by atoms with Gasteiger partial charge in [-0.05, 0) is 42.7 Å². The van der Waals surface area contributed by atoms with E-state index in [1.807, 2.05) is 18.2 Å². The highest BCUT2D eigenvalue weighted by Crippen LogP contribution is 2.20. The smallest absolute Gasteiger partial charge is 0.326 e. The minimum absolute atomic E-state index is 0.00234. The van der Waals surface area contributed by atoms with Crippen molar-refractivity contribution in [2.45, 2.75) is 56.8 Å². The zero-order valence-electron chi connectivity index (χ0n) is 22.3. The third-order valence-corrected chi connectivity index (χ3v) is 6.42. The van der Waals surface area contributed by atoms with Crippen LogP contribution < -0.4 is 21.7 Å². The van der Waals surface area contributed by atoms with Crippen molar-refractivity contribution < 1.29 is 39.3 Å². The van der Waals surface area contributed by atoms with Crippen molar-refractivity contribution in [2.24, 2.45) is 5.73 Å². The van der Waals surface area contributed by atoms with E-state index in [4.69, 9.17) is 10.8 Å². The molecule has 41 heavy (non-hydrogen) atoms. The largest absolute Gasteiger partial charge is 0.508 e. The quantitative estimate of drug-likeness (QED) is 0.135. The predicted molar refractivity (Wildman–Crippen MR) is 148 cm³/mol. The number of carbonyl (C=O) groups excluding carboxylic acids is 3. The first-order chi connectivity index (χ1) is 19.4. The molecule has 3 rings (SSSR count). The Morgan fingerprint density at radius 1 is 0.829 bits per heavy atom. The predicted octanol–water partition coefficient (Wildman–Crippen LogP) is 0.410. The highest BCUT2D eigenvalue weighted by atomic mass is 16.4. The van der Waals surface area contributed by atoms with Gasteiger partial charge in [0.05, 0.1) is 6.04 Å². The molecule has 1 heterocycles. The van der Waals surface area contributed by atoms with Gasteiger partial charge in [0.2, 0.25) is 17.7 Å². The van der Waals surface area contributed by atoms with Crippen molar-refractivity contribution in [3.05, 3.63) is 65.9 Å². The number of H-pyrrole nitrogens is 1. The second-order valence-corrected chi connectivity index (χ2v) is 9.68. The highest BCUT2D eigenvalue weighted by molar-refractivity contribution is 5.95. The number of amides is 3. The molecule has 1 aromatic heterocycles. The third-order valence-electron chi connectivity index (χ3n) is 6.42. The summed E-state index contributed by atoms with van der Waals surface area (Å²) < 4.78 is 0. The number of phenols is 1. The van der Waals surface area contributed by atoms with Gasteiger partial charge in [0.15, 0.2) is 0 Å². The van der Waals surface area contributed by atoms with E-state index >= 15 is 0 Å². The van der Waals surface area contributed by atoms with Crippen LogP contribution in [0, 0.1) is 0 Å². The van der Waals surface area contributed by atoms with Crippen molar-refractivity contribution in [2.75, 3.05) is 0 Å². The van der Waals surface area contributed by atoms with Crippen LogP contribution in [0.1, 0.15) is 30.9 Å². The molecule has 0 aliphatic rings. The number of aromatic amines is 1. The van der Waals surface area contributed by atoms with E-state index in [0.717, 1.165) is 10.9 Å². The van der Waals surface area contributed by atoms with Gasteiger partial charge in [0, 0.05) is 36.4 Å². The van der Waals surface area contributed by atoms with E-state index < -0.39 is 60.2 Å². The molecule has 0 saturated heterocycles. The Morgan fingerprint density at radius 3 is 2.02 bits per heavy atom. The van der Waals surface area contributed by atoms with Crippen LogP contribution >= 0.6 is 0 Å². The molecule has 4 atom stereocenters. The standard InChI is InChI=1S/C28H33N5O8/c1-15(29)25(37)32-22(12-16-6-8-18(34)9-7-16)26(38)33-23(13-17-14-30-20-5-3-2-4-19(17)20)27(39)31-21(28(40)41)10-11-24(35)36/h2-9,14-15,21-23,30,34H,10-13,29H2,1H3,(H,31,39)(H,32,37)(H,33,38)(H,35,36)(H,40,41). The number of nitrogens with one attached hydrogen (secondary N) is 4. The van der Waals surface area contributed by atoms with Gasteiger partial charge in [-0.25, -0.2) is 4.79 Å². The Bertz CT molecular complexity index is 1400. The Hall–Kier alpha value is -4.91. The van der Waals surface area contributed by atoms with Gasteiger partial charge in [-0.1, -0.05) is 30.3 Å². The molecular weight excluding hydrogens is 534 g/mol. The van der Waals surface area contributed by atoms with Crippen LogP contribution in [0.3, 0.4) is 0 Å². The molecule has 0 fully saturated rings. The first kappa shape index (κ1) is 30.6. The summed E-state index contributed by atoms with van der Waals surface area (Å²) in [5.41, 5.74) is 7.73. The molecular formula is C28H33N5O8. The molecule has 4 unspecified atom stereocenters. The second kappa shape index (κ2) is 13.9. The van der Waals surface area contributed by atoms with E-state index in [0.29, 0.717) is 11.1 Å². The average molecular weight is 568 g/mol. The number of carbonyl (C=O) groups is 5. The van der Waals surface area contributed by atoms with Crippen LogP contribution in [0.2, 0.25) is 0 Å². The van der Waals surface area contributed by atoms with Crippen molar-refractivity contribution in [1.82, 2.24) is 20.9 Å². The van der Waals surface area contributed by atoms with E-state index in [-0.39, 0.29) is 25.0 Å². The van der Waals surface area contributed by atoms with Crippen LogP contribution in [0.25, 0.3) is 10.9 Å². The van der Waals surface area contributed by atoms with E-state index in [1.54, 1.807) is 24.4 Å². The van der Waals surface area contributed by atoms with Gasteiger partial charge in [0.25, 0.3) is 0 Å². The first-order valence-corrected chi connectivity index (χ1v) is 12.9. The second-order valence-electron chi connectivity index (χ2n) is 9.68. The Labute approximate surface area is 235 Å². The molecule has 218 valence electrons. The number of phenolic OH excluding ortho intramolecular Hbond substituents is 1. The molecule has 0 aliphatic carbocycles. The average Bonchev–Trinajstić information content (AvgIpc) is 3.33. The maximum absolute atomic E-state index is 13.5. The van der Waals surface area contributed by atoms with E-state index in [1.165, 1.54) is 19.1 Å². The number of aromatic nitrogens is 1. The summed E-state index contributed by atoms with van der Waals surface area (Å²) in [6, 6.07) is 8.38. The van der Waals surface area contributed by atoms with Gasteiger partial charge in [-0.15, -0.1) is 0 Å². The molecule has 3 aromatic rings. The van der Waals surface area contributed by atoms with Gasteiger partial charge >= 0.3 is 11.9 Å². The number of carboxylic acid groups (broad SMARTS) is 2. The lowest BCUT2D eigenvalue weighted by molar-refractivity contribution is -0.143. The summed E-state index contributed by atoms with van der Waals surface area (Å²) in [5.74, 6) is -4.82. The van der Waals surface area contributed by atoms with Gasteiger partial charge in [0.1, 0.15) is 23.9 Å². The summed E-state index contributed by atoms with van der Waals surface area (Å²) in [6.07, 6.45) is 0.775. The monoisotopic (exact) mass is 567 g/mol. The molecule has 2 aromatic carbocycles. The summed E-state index contributed by atoms with van der Waals surface area (Å²) in [7, 11) is 0. The first-order valence-electron chi connectivity index (χ1n) is 12.9. The normalized spacial score (nSPS) is 13.9. The Morgan fingerprint density at radius 2 is 1.41 bits per heavy atom. The molecule has 3 amide bonds. The zero-order chi connectivity index (χ0) is 30.1. The van der Waals surface area contributed by atoms with Crippen molar-refractivity contribution in [1.29, 1.82) is 0 Å². The molecule has 13 heteroatoms. The molecule has 9 N–H and O–H groups in total. The van der Waals surface area contributed by atoms with Crippen molar-refractivity contribution in [3.8, 4) is 5.75 Å². The zero-order valence-corrected chi connectivity index (χ0v) is 22.3. The lowest BCUT2D eigenvalue weighted by Gasteiger charge is -2.25. The number of aliphatic carboxylic acids is 2. The molecule has 0 radical (unpaired) electrons. The number of carboxylic acids is 2. The van der Waals surface area contributed by atoms with E-state index in [9.17, 15) is 34.2 Å². The minimum atomic E-state index is -1.51. The number of rotatable bonds is 14. The van der Waals surface area contributed by atoms with Gasteiger partial charge in [-0.3, -0.25) is 19.2 Å². The molecule has 0 saturated carbocycles. The molecule has 0 aliphatic heterocycles. The maximum atomic E-state index is 13.5. The van der Waals surface area contributed by atoms with Gasteiger partial charge < -0.3 is 42.0 Å². The lowest BCUT2D eigenvalue weighted by atomic mass is 10.0. The lowest BCUT2D eigenvalue weighted by Crippen LogP contribution is -2.58. The number of nitrogens with two attached hydrogens (primary N) is 1. The fourth-order valence-electron chi connectivity index (χ4n) is 4.18. The molecule has 0 bridgehead atoms. The summed E-state index contributed by atoms with van der Waals surface area (Å²) in [4.78, 5) is 65.1. The number of benzene rings is 2. The summed E-state index contributed by atoms with van der Waals surface area (Å²) in [5, 5.41) is 36.4. The number of aromatic hydroxyl groups is 1. The van der Waals surface area contributed by atoms with Crippen LogP contribution in [0.15, 0.2) is 54.7 Å². The van der Waals surface area contributed by atoms with E-state index in [2.05, 4.69) is 20.9 Å². The number of hydrogen-bond donors (Lipinski definition) is 8. The number of hydrogen-bond acceptors (Lipinski definition) is 7. The number of fused-ring (bicyclic) bond motifs is 1. The molecule has 0 spiro atoms. The van der Waals surface area contributed by atoms with Crippen LogP contribution in [0.5, 0.6) is 5.75 Å². The van der Waals surface area contributed by atoms with Crippen LogP contribution in [0.4, 0.5) is 0 Å². The fraction of sp³-hybridized carbons (Fsp3) is 0.321.